The SMILES string of the molecule is CC(C)CC(N[C@@H](Cc1cncn1COCc1ccccc1)C(N)=O)C(=O)O. The third-order valence-electron chi connectivity index (χ3n) is 4.30. The number of hydrogen-bond donors (Lipinski definition) is 3. The Kier molecular flexibility index (Phi) is 8.16. The van der Waals surface area contributed by atoms with E-state index in [-0.39, 0.29) is 19.1 Å². The number of benzene rings is 1. The van der Waals surface area contributed by atoms with Gasteiger partial charge in [0, 0.05) is 18.3 Å². The maximum Gasteiger partial charge on any atom is 0.320 e. The summed E-state index contributed by atoms with van der Waals surface area (Å²) in [4.78, 5) is 27.5. The summed E-state index contributed by atoms with van der Waals surface area (Å²) in [6, 6.07) is 8.12. The van der Waals surface area contributed by atoms with Gasteiger partial charge in [-0.3, -0.25) is 14.9 Å². The van der Waals surface area contributed by atoms with E-state index in [0.29, 0.717) is 13.0 Å². The van der Waals surface area contributed by atoms with Crippen molar-refractivity contribution in [3.05, 3.63) is 54.1 Å². The molecule has 0 aliphatic rings. The van der Waals surface area contributed by atoms with Gasteiger partial charge >= 0.3 is 5.97 Å². The average molecular weight is 388 g/mol. The third-order valence-corrected chi connectivity index (χ3v) is 4.30. The fourth-order valence-electron chi connectivity index (χ4n) is 2.88. The first kappa shape index (κ1) is 21.6. The van der Waals surface area contributed by atoms with E-state index in [4.69, 9.17) is 10.5 Å². The number of hydrogen-bond acceptors (Lipinski definition) is 5. The van der Waals surface area contributed by atoms with Gasteiger partial charge in [0.05, 0.1) is 19.0 Å². The Labute approximate surface area is 164 Å². The first-order valence-electron chi connectivity index (χ1n) is 9.25. The highest BCUT2D eigenvalue weighted by molar-refractivity contribution is 5.81. The molecule has 152 valence electrons. The summed E-state index contributed by atoms with van der Waals surface area (Å²) < 4.78 is 7.49. The van der Waals surface area contributed by atoms with Crippen LogP contribution in [0.2, 0.25) is 0 Å². The molecule has 0 saturated heterocycles. The van der Waals surface area contributed by atoms with Crippen molar-refractivity contribution in [2.75, 3.05) is 0 Å². The highest BCUT2D eigenvalue weighted by atomic mass is 16.5. The van der Waals surface area contributed by atoms with Crippen LogP contribution >= 0.6 is 0 Å². The Morgan fingerprint density at radius 2 is 1.96 bits per heavy atom. The number of carboxylic acids is 1. The fraction of sp³-hybridized carbons (Fsp3) is 0.450. The van der Waals surface area contributed by atoms with Crippen LogP contribution in [0.5, 0.6) is 0 Å². The van der Waals surface area contributed by atoms with E-state index in [9.17, 15) is 14.7 Å². The van der Waals surface area contributed by atoms with Gasteiger partial charge in [-0.25, -0.2) is 4.98 Å². The molecule has 0 saturated carbocycles. The van der Waals surface area contributed by atoms with E-state index in [2.05, 4.69) is 10.3 Å². The Morgan fingerprint density at radius 3 is 2.57 bits per heavy atom. The second-order valence-electron chi connectivity index (χ2n) is 7.16. The molecule has 0 aliphatic carbocycles. The first-order valence-corrected chi connectivity index (χ1v) is 9.25. The summed E-state index contributed by atoms with van der Waals surface area (Å²) in [5, 5.41) is 12.3. The lowest BCUT2D eigenvalue weighted by Crippen LogP contribution is -2.51. The topological polar surface area (TPSA) is 119 Å². The highest BCUT2D eigenvalue weighted by Crippen LogP contribution is 2.10. The van der Waals surface area contributed by atoms with Crippen molar-refractivity contribution in [2.45, 2.75) is 52.1 Å². The number of nitrogens with zero attached hydrogens (tertiary/aromatic N) is 2. The Hall–Kier alpha value is -2.71. The summed E-state index contributed by atoms with van der Waals surface area (Å²) in [5.41, 5.74) is 7.29. The second-order valence-corrected chi connectivity index (χ2v) is 7.16. The van der Waals surface area contributed by atoms with Crippen molar-refractivity contribution >= 4 is 11.9 Å². The van der Waals surface area contributed by atoms with Gasteiger partial charge in [0.15, 0.2) is 0 Å². The van der Waals surface area contributed by atoms with Gasteiger partial charge in [-0.15, -0.1) is 0 Å². The Morgan fingerprint density at radius 1 is 1.25 bits per heavy atom. The molecule has 8 nitrogen and oxygen atoms in total. The zero-order valence-electron chi connectivity index (χ0n) is 16.2. The molecule has 0 spiro atoms. The van der Waals surface area contributed by atoms with E-state index in [1.807, 2.05) is 44.2 Å². The third kappa shape index (κ3) is 6.79. The maximum atomic E-state index is 11.9. The van der Waals surface area contributed by atoms with E-state index < -0.39 is 24.0 Å². The largest absolute Gasteiger partial charge is 0.480 e. The molecule has 0 radical (unpaired) electrons. The number of imidazole rings is 1. The van der Waals surface area contributed by atoms with Gasteiger partial charge in [0.2, 0.25) is 5.91 Å². The molecule has 0 aliphatic heterocycles. The quantitative estimate of drug-likeness (QED) is 0.507. The van der Waals surface area contributed by atoms with E-state index in [1.165, 1.54) is 0 Å². The number of ether oxygens (including phenoxy) is 1. The fourth-order valence-corrected chi connectivity index (χ4v) is 2.88. The van der Waals surface area contributed by atoms with Gasteiger partial charge in [0.25, 0.3) is 0 Å². The molecular weight excluding hydrogens is 360 g/mol. The summed E-state index contributed by atoms with van der Waals surface area (Å²) in [6.07, 6.45) is 3.87. The number of primary amides is 1. The molecule has 8 heteroatoms. The van der Waals surface area contributed by atoms with Crippen molar-refractivity contribution in [1.29, 1.82) is 0 Å². The summed E-state index contributed by atoms with van der Waals surface area (Å²) in [6.45, 7) is 4.57. The second kappa shape index (κ2) is 10.6. The maximum absolute atomic E-state index is 11.9. The summed E-state index contributed by atoms with van der Waals surface area (Å²) in [5.74, 6) is -1.44. The van der Waals surface area contributed by atoms with E-state index >= 15 is 0 Å². The molecule has 1 heterocycles. The first-order chi connectivity index (χ1) is 13.4. The van der Waals surface area contributed by atoms with Crippen molar-refractivity contribution in [1.82, 2.24) is 14.9 Å². The van der Waals surface area contributed by atoms with Crippen LogP contribution < -0.4 is 11.1 Å². The normalized spacial score (nSPS) is 13.4. The van der Waals surface area contributed by atoms with Gasteiger partial charge in [0.1, 0.15) is 12.8 Å². The van der Waals surface area contributed by atoms with E-state index in [1.54, 1.807) is 17.1 Å². The minimum absolute atomic E-state index is 0.166. The lowest BCUT2D eigenvalue weighted by molar-refractivity contribution is -0.140. The molecular formula is C20H28N4O4. The highest BCUT2D eigenvalue weighted by Gasteiger charge is 2.26. The smallest absolute Gasteiger partial charge is 0.320 e. The molecule has 1 aromatic heterocycles. The minimum Gasteiger partial charge on any atom is -0.480 e. The van der Waals surface area contributed by atoms with Crippen LogP contribution in [0.4, 0.5) is 0 Å². The van der Waals surface area contributed by atoms with Crippen molar-refractivity contribution in [2.24, 2.45) is 11.7 Å². The molecule has 0 bridgehead atoms. The van der Waals surface area contributed by atoms with Crippen LogP contribution in [-0.2, 0) is 34.1 Å². The molecule has 28 heavy (non-hydrogen) atoms. The minimum atomic E-state index is -1.00. The number of amides is 1. The van der Waals surface area contributed by atoms with Crippen LogP contribution in [0.1, 0.15) is 31.5 Å². The summed E-state index contributed by atoms with van der Waals surface area (Å²) >= 11 is 0. The molecule has 4 N–H and O–H groups in total. The number of carboxylic acid groups (broad SMARTS) is 1. The zero-order valence-corrected chi connectivity index (χ0v) is 16.2. The molecule has 2 aromatic rings. The Bertz CT molecular complexity index is 761. The van der Waals surface area contributed by atoms with Crippen LogP contribution in [-0.4, -0.2) is 38.6 Å². The average Bonchev–Trinajstić information content (AvgIpc) is 3.08. The standard InChI is InChI=1S/C20H28N4O4/c1-14(2)8-18(20(26)27)23-17(19(21)25)9-16-10-22-12-24(16)13-28-11-15-6-4-3-5-7-15/h3-7,10,12,14,17-18,23H,8-9,11,13H2,1-2H3,(H2,21,25)(H,26,27)/t17-,18?/m0/s1. The lowest BCUT2D eigenvalue weighted by atomic mass is 10.0. The van der Waals surface area contributed by atoms with Crippen LogP contribution in [0.15, 0.2) is 42.9 Å². The van der Waals surface area contributed by atoms with Crippen LogP contribution in [0.25, 0.3) is 0 Å². The number of nitrogens with one attached hydrogen (secondary N) is 1. The predicted octanol–water partition coefficient (Wildman–Crippen LogP) is 1.54. The number of nitrogens with two attached hydrogens (primary N) is 1. The number of aliphatic carboxylic acids is 1. The lowest BCUT2D eigenvalue weighted by Gasteiger charge is -2.22. The van der Waals surface area contributed by atoms with Crippen molar-refractivity contribution in [3.63, 3.8) is 0 Å². The molecule has 0 fully saturated rings. The van der Waals surface area contributed by atoms with E-state index in [0.717, 1.165) is 11.3 Å². The van der Waals surface area contributed by atoms with Crippen LogP contribution in [0.3, 0.4) is 0 Å². The van der Waals surface area contributed by atoms with Gasteiger partial charge in [-0.05, 0) is 17.9 Å². The molecule has 1 amide bonds. The predicted molar refractivity (Wildman–Crippen MR) is 104 cm³/mol. The molecule has 2 atom stereocenters. The van der Waals surface area contributed by atoms with Crippen molar-refractivity contribution in [3.8, 4) is 0 Å². The van der Waals surface area contributed by atoms with Crippen molar-refractivity contribution < 1.29 is 19.4 Å². The number of rotatable bonds is 12. The number of aromatic nitrogens is 2. The Balaban J connectivity index is 1.98. The number of carbonyl (C=O) groups is 2. The number of carbonyl (C=O) groups excluding carboxylic acids is 1. The van der Waals surface area contributed by atoms with Crippen LogP contribution in [0, 0.1) is 5.92 Å². The molecule has 1 unspecified atom stereocenters. The molecule has 1 aromatic carbocycles. The zero-order chi connectivity index (χ0) is 20.5. The van der Waals surface area contributed by atoms with Gasteiger partial charge in [-0.2, -0.15) is 0 Å². The van der Waals surface area contributed by atoms with Gasteiger partial charge < -0.3 is 20.1 Å². The summed E-state index contributed by atoms with van der Waals surface area (Å²) in [7, 11) is 0. The molecule has 2 rings (SSSR count). The monoisotopic (exact) mass is 388 g/mol. The van der Waals surface area contributed by atoms with Gasteiger partial charge in [-0.1, -0.05) is 44.2 Å².